The number of fused-ring (bicyclic) bond motifs is 1. The summed E-state index contributed by atoms with van der Waals surface area (Å²) in [6, 6.07) is 0. The molecule has 1 aromatic heterocycles. The summed E-state index contributed by atoms with van der Waals surface area (Å²) in [6.45, 7) is 2.29. The monoisotopic (exact) mass is 335 g/mol. The summed E-state index contributed by atoms with van der Waals surface area (Å²) in [5, 5.41) is 2.38. The van der Waals surface area contributed by atoms with E-state index in [1.54, 1.807) is 6.92 Å². The van der Waals surface area contributed by atoms with Gasteiger partial charge in [0, 0.05) is 23.6 Å². The molecule has 0 saturated carbocycles. The molecule has 122 valence electrons. The van der Waals surface area contributed by atoms with Gasteiger partial charge in [-0.2, -0.15) is 13.2 Å². The molecule has 1 N–H and O–H groups in total. The van der Waals surface area contributed by atoms with E-state index in [2.05, 4.69) is 4.98 Å². The van der Waals surface area contributed by atoms with Crippen molar-refractivity contribution in [2.75, 3.05) is 12.3 Å². The van der Waals surface area contributed by atoms with Crippen molar-refractivity contribution in [2.24, 2.45) is 5.92 Å². The van der Waals surface area contributed by atoms with Gasteiger partial charge in [-0.15, -0.1) is 0 Å². The molecule has 0 bridgehead atoms. The highest BCUT2D eigenvalue weighted by Gasteiger charge is 2.32. The number of alkyl halides is 3. The zero-order valence-electron chi connectivity index (χ0n) is 12.2. The van der Waals surface area contributed by atoms with E-state index in [-0.39, 0.29) is 12.1 Å². The van der Waals surface area contributed by atoms with Crippen molar-refractivity contribution in [3.05, 3.63) is 21.6 Å². The van der Waals surface area contributed by atoms with E-state index >= 15 is 0 Å². The smallest absolute Gasteiger partial charge is 0.347 e. The number of carbonyl (C=O) groups excluding carboxylic acids is 1. The molecule has 1 aliphatic heterocycles. The number of rotatable bonds is 3. The molecule has 5 nitrogen and oxygen atoms in total. The third-order valence-corrected chi connectivity index (χ3v) is 4.58. The fraction of sp³-hybridized carbons (Fsp3) is 0.615. The Morgan fingerprint density at radius 1 is 1.50 bits per heavy atom. The summed E-state index contributed by atoms with van der Waals surface area (Å²) in [4.78, 5) is 28.5. The van der Waals surface area contributed by atoms with Crippen LogP contribution in [0.2, 0.25) is 0 Å². The number of thioether (sulfide) groups is 1. The van der Waals surface area contributed by atoms with Crippen LogP contribution in [0.15, 0.2) is 9.95 Å². The Morgan fingerprint density at radius 3 is 2.77 bits per heavy atom. The van der Waals surface area contributed by atoms with Gasteiger partial charge in [0.25, 0.3) is 5.56 Å². The van der Waals surface area contributed by atoms with Crippen molar-refractivity contribution in [1.29, 1.82) is 0 Å². The maximum atomic E-state index is 12.3. The average Bonchev–Trinajstić information content (AvgIpc) is 2.44. The lowest BCUT2D eigenvalue weighted by atomic mass is 10.1. The molecule has 1 atom stereocenters. The van der Waals surface area contributed by atoms with E-state index in [9.17, 15) is 22.8 Å². The fourth-order valence-corrected chi connectivity index (χ4v) is 3.41. The topological polar surface area (TPSA) is 64.0 Å². The van der Waals surface area contributed by atoms with Gasteiger partial charge in [0.15, 0.2) is 5.16 Å². The molecule has 1 amide bonds. The van der Waals surface area contributed by atoms with Crippen LogP contribution in [-0.4, -0.2) is 33.9 Å². The third kappa shape index (κ3) is 3.63. The number of hydrogen-bond donors (Lipinski definition) is 1. The molecule has 0 spiro atoms. The van der Waals surface area contributed by atoms with Crippen molar-refractivity contribution in [3.8, 4) is 0 Å². The van der Waals surface area contributed by atoms with Gasteiger partial charge in [0.1, 0.15) is 6.54 Å². The Bertz CT molecular complexity index is 643. The minimum atomic E-state index is -4.44. The van der Waals surface area contributed by atoms with Crippen molar-refractivity contribution < 1.29 is 18.0 Å². The summed E-state index contributed by atoms with van der Waals surface area (Å²) < 4.78 is 37.8. The van der Waals surface area contributed by atoms with Gasteiger partial charge in [0.05, 0.1) is 5.92 Å². The van der Waals surface area contributed by atoms with Gasteiger partial charge in [-0.1, -0.05) is 18.7 Å². The fourth-order valence-electron chi connectivity index (χ4n) is 2.29. The van der Waals surface area contributed by atoms with Crippen LogP contribution in [0.1, 0.15) is 18.2 Å². The molecular formula is C13H16F3N3O2S. The molecule has 22 heavy (non-hydrogen) atoms. The number of nitrogens with zero attached hydrogens (tertiary/aromatic N) is 2. The quantitative estimate of drug-likeness (QED) is 0.851. The number of aromatic nitrogens is 2. The third-order valence-electron chi connectivity index (χ3n) is 3.44. The van der Waals surface area contributed by atoms with Crippen LogP contribution in [0.25, 0.3) is 0 Å². The lowest BCUT2D eigenvalue weighted by molar-refractivity contribution is -0.140. The highest BCUT2D eigenvalue weighted by atomic mass is 32.2. The summed E-state index contributed by atoms with van der Waals surface area (Å²) >= 11 is 1.22. The van der Waals surface area contributed by atoms with E-state index < -0.39 is 24.5 Å². The van der Waals surface area contributed by atoms with Gasteiger partial charge in [-0.3, -0.25) is 14.2 Å². The summed E-state index contributed by atoms with van der Waals surface area (Å²) in [6.07, 6.45) is -3.92. The SMILES string of the molecule is CCc1c(C)nc2n(c1=O)C[C@H](C(=O)NCC(F)(F)F)CS2. The average molecular weight is 335 g/mol. The van der Waals surface area contributed by atoms with E-state index in [1.807, 2.05) is 12.2 Å². The second-order valence-electron chi connectivity index (χ2n) is 5.07. The number of aryl methyl sites for hydroxylation is 1. The second kappa shape index (κ2) is 6.31. The standard InChI is InChI=1S/C13H16F3N3O2S/c1-3-9-7(2)18-12-19(11(9)21)4-8(5-22-12)10(20)17-6-13(14,15)16/h8H,3-6H2,1-2H3,(H,17,20)/t8-/m0/s1. The molecule has 1 aromatic rings. The Hall–Kier alpha value is -1.51. The molecular weight excluding hydrogens is 319 g/mol. The Balaban J connectivity index is 2.17. The molecule has 0 aromatic carbocycles. The second-order valence-corrected chi connectivity index (χ2v) is 6.06. The minimum Gasteiger partial charge on any atom is -0.347 e. The van der Waals surface area contributed by atoms with Gasteiger partial charge in [-0.25, -0.2) is 4.98 Å². The van der Waals surface area contributed by atoms with Crippen LogP contribution >= 0.6 is 11.8 Å². The van der Waals surface area contributed by atoms with Crippen molar-refractivity contribution in [3.63, 3.8) is 0 Å². The lowest BCUT2D eigenvalue weighted by Crippen LogP contribution is -2.43. The zero-order chi connectivity index (χ0) is 16.5. The molecule has 0 radical (unpaired) electrons. The van der Waals surface area contributed by atoms with E-state index in [4.69, 9.17) is 0 Å². The summed E-state index contributed by atoms with van der Waals surface area (Å²) in [5.74, 6) is -1.06. The van der Waals surface area contributed by atoms with E-state index in [0.717, 1.165) is 0 Å². The first kappa shape index (κ1) is 16.9. The Kier molecular flexibility index (Phi) is 4.84. The molecule has 0 aliphatic carbocycles. The van der Waals surface area contributed by atoms with E-state index in [0.29, 0.717) is 28.6 Å². The predicted octanol–water partition coefficient (Wildman–Crippen LogP) is 1.51. The van der Waals surface area contributed by atoms with Gasteiger partial charge in [0.2, 0.25) is 5.91 Å². The molecule has 2 rings (SSSR count). The van der Waals surface area contributed by atoms with Crippen LogP contribution in [0.5, 0.6) is 0 Å². The molecule has 1 aliphatic rings. The van der Waals surface area contributed by atoms with Crippen LogP contribution in [-0.2, 0) is 17.8 Å². The minimum absolute atomic E-state index is 0.0607. The first-order chi connectivity index (χ1) is 10.2. The molecule has 9 heteroatoms. The number of halogens is 3. The summed E-state index contributed by atoms with van der Waals surface area (Å²) in [7, 11) is 0. The van der Waals surface area contributed by atoms with Crippen LogP contribution in [0, 0.1) is 12.8 Å². The normalized spacial score (nSPS) is 18.0. The maximum absolute atomic E-state index is 12.3. The highest BCUT2D eigenvalue weighted by molar-refractivity contribution is 7.99. The number of amides is 1. The molecule has 2 heterocycles. The molecule has 0 saturated heterocycles. The van der Waals surface area contributed by atoms with Gasteiger partial charge >= 0.3 is 6.18 Å². The van der Waals surface area contributed by atoms with Gasteiger partial charge < -0.3 is 5.32 Å². The zero-order valence-corrected chi connectivity index (χ0v) is 13.0. The van der Waals surface area contributed by atoms with Crippen molar-refractivity contribution in [2.45, 2.75) is 38.1 Å². The van der Waals surface area contributed by atoms with Crippen molar-refractivity contribution in [1.82, 2.24) is 14.9 Å². The first-order valence-electron chi connectivity index (χ1n) is 6.80. The van der Waals surface area contributed by atoms with Crippen LogP contribution < -0.4 is 10.9 Å². The first-order valence-corrected chi connectivity index (χ1v) is 7.79. The molecule has 0 unspecified atom stereocenters. The van der Waals surface area contributed by atoms with Crippen molar-refractivity contribution >= 4 is 17.7 Å². The maximum Gasteiger partial charge on any atom is 0.405 e. The van der Waals surface area contributed by atoms with E-state index in [1.165, 1.54) is 16.3 Å². The summed E-state index contributed by atoms with van der Waals surface area (Å²) in [5.41, 5.74) is 1.01. The van der Waals surface area contributed by atoms with Crippen LogP contribution in [0.3, 0.4) is 0 Å². The number of hydrogen-bond acceptors (Lipinski definition) is 4. The lowest BCUT2D eigenvalue weighted by Gasteiger charge is -2.25. The van der Waals surface area contributed by atoms with Gasteiger partial charge in [-0.05, 0) is 13.3 Å². The number of carbonyl (C=O) groups is 1. The molecule has 0 fully saturated rings. The van der Waals surface area contributed by atoms with Crippen LogP contribution in [0.4, 0.5) is 13.2 Å². The Morgan fingerprint density at radius 2 is 2.18 bits per heavy atom. The largest absolute Gasteiger partial charge is 0.405 e. The Labute approximate surface area is 129 Å². The predicted molar refractivity (Wildman–Crippen MR) is 75.9 cm³/mol. The number of nitrogens with one attached hydrogen (secondary N) is 1. The highest BCUT2D eigenvalue weighted by Crippen LogP contribution is 2.26.